The molecule has 1 saturated heterocycles. The third-order valence-corrected chi connectivity index (χ3v) is 12.6. The third kappa shape index (κ3) is 10.5. The van der Waals surface area contributed by atoms with Gasteiger partial charge in [0.25, 0.3) is 14.4 Å². The van der Waals surface area contributed by atoms with Crippen LogP contribution in [0.15, 0.2) is 120 Å². The zero-order valence-electron chi connectivity index (χ0n) is 35.7. The van der Waals surface area contributed by atoms with Crippen molar-refractivity contribution in [1.82, 2.24) is 14.2 Å². The molecule has 61 heavy (non-hydrogen) atoms. The molecule has 1 aliphatic heterocycles. The number of nitrogens with zero attached hydrogens (tertiary/aromatic N) is 4. The molecular weight excluding hydrogens is 794 g/mol. The zero-order chi connectivity index (χ0) is 43.5. The van der Waals surface area contributed by atoms with Gasteiger partial charge >= 0.3 is 5.69 Å². The lowest BCUT2D eigenvalue weighted by molar-refractivity contribution is -0.0925. The molecule has 1 amide bonds. The molecule has 1 fully saturated rings. The molecule has 0 aliphatic carbocycles. The van der Waals surface area contributed by atoms with Crippen LogP contribution in [0.2, 0.25) is 0 Å². The smallest absolute Gasteiger partial charge is 0.351 e. The summed E-state index contributed by atoms with van der Waals surface area (Å²) in [5.41, 5.74) is 1.80. The van der Waals surface area contributed by atoms with Crippen molar-refractivity contribution in [1.29, 1.82) is 5.26 Å². The van der Waals surface area contributed by atoms with Crippen molar-refractivity contribution in [2.24, 2.45) is 0 Å². The number of rotatable bonds is 19. The molecule has 4 atom stereocenters. The van der Waals surface area contributed by atoms with Crippen LogP contribution >= 0.6 is 8.53 Å². The molecule has 4 aromatic carbocycles. The predicted molar refractivity (Wildman–Crippen MR) is 235 cm³/mol. The minimum absolute atomic E-state index is 0.0191. The number of hydrogen-bond donors (Lipinski definition) is 1. The largest absolute Gasteiger partial charge is 0.497 e. The Bertz CT molecular complexity index is 2230. The lowest BCUT2D eigenvalue weighted by atomic mass is 9.80. The van der Waals surface area contributed by atoms with Crippen molar-refractivity contribution < 1.29 is 32.8 Å². The van der Waals surface area contributed by atoms with Crippen LogP contribution in [0.3, 0.4) is 0 Å². The van der Waals surface area contributed by atoms with Crippen LogP contribution in [0.4, 0.5) is 5.82 Å². The first-order chi connectivity index (χ1) is 29.5. The van der Waals surface area contributed by atoms with Crippen LogP contribution in [0.1, 0.15) is 79.4 Å². The van der Waals surface area contributed by atoms with Gasteiger partial charge in [0, 0.05) is 35.8 Å². The summed E-state index contributed by atoms with van der Waals surface area (Å²) >= 11 is 0. The maximum atomic E-state index is 13.8. The van der Waals surface area contributed by atoms with Gasteiger partial charge in [0.05, 0.1) is 46.0 Å². The van der Waals surface area contributed by atoms with E-state index >= 15 is 0 Å². The van der Waals surface area contributed by atoms with E-state index in [2.05, 4.69) is 48.7 Å². The Labute approximate surface area is 359 Å². The highest BCUT2D eigenvalue weighted by atomic mass is 31.2. The summed E-state index contributed by atoms with van der Waals surface area (Å²) in [5.74, 6) is 1.17. The van der Waals surface area contributed by atoms with E-state index < -0.39 is 38.3 Å². The fourth-order valence-electron chi connectivity index (χ4n) is 7.49. The first-order valence-electron chi connectivity index (χ1n) is 20.3. The molecule has 0 saturated carbocycles. The molecule has 1 aromatic heterocycles. The molecule has 0 spiro atoms. The van der Waals surface area contributed by atoms with Crippen molar-refractivity contribution in [3.8, 4) is 17.6 Å². The third-order valence-electron chi connectivity index (χ3n) is 10.4. The summed E-state index contributed by atoms with van der Waals surface area (Å²) in [7, 11) is 1.55. The lowest BCUT2D eigenvalue weighted by Crippen LogP contribution is -2.39. The van der Waals surface area contributed by atoms with E-state index in [0.29, 0.717) is 22.6 Å². The monoisotopic (exact) mass is 847 g/mol. The first-order valence-corrected chi connectivity index (χ1v) is 21.5. The summed E-state index contributed by atoms with van der Waals surface area (Å²) < 4.78 is 42.1. The second-order valence-electron chi connectivity index (χ2n) is 15.2. The van der Waals surface area contributed by atoms with Crippen molar-refractivity contribution in [2.75, 3.05) is 32.8 Å². The van der Waals surface area contributed by atoms with Gasteiger partial charge < -0.3 is 33.3 Å². The van der Waals surface area contributed by atoms with E-state index in [1.165, 1.54) is 4.57 Å². The van der Waals surface area contributed by atoms with E-state index in [-0.39, 0.29) is 49.9 Å². The van der Waals surface area contributed by atoms with E-state index in [1.807, 2.05) is 84.9 Å². The van der Waals surface area contributed by atoms with Crippen LogP contribution in [-0.2, 0) is 24.1 Å². The number of aromatic nitrogens is 2. The van der Waals surface area contributed by atoms with Crippen molar-refractivity contribution in [2.45, 2.75) is 83.6 Å². The number of benzene rings is 4. The molecule has 5 aromatic rings. The molecule has 14 heteroatoms. The van der Waals surface area contributed by atoms with Gasteiger partial charge in [-0.05, 0) is 87.7 Å². The van der Waals surface area contributed by atoms with Gasteiger partial charge in [0.1, 0.15) is 35.2 Å². The second-order valence-corrected chi connectivity index (χ2v) is 16.6. The van der Waals surface area contributed by atoms with Crippen molar-refractivity contribution >= 4 is 20.3 Å². The Morgan fingerprint density at radius 3 is 2.00 bits per heavy atom. The standard InChI is InChI=1S/C47H54N5O8P/c1-32(2)52(33(3)4)61(58-28-14-27-48)60-41-29-43(51-30-34(5)44(50-46(51)54)49-45(53)35-15-10-8-11-16-35)59-42(41)31-57-47(36-17-12-9-13-18-36,37-19-23-39(55-6)24-20-37)38-21-25-40(56-7)26-22-38/h8-13,15-26,30,32-33,41-43H,14,28-29,31H2,1-7H3,(H,49,50,53,54)/t41-,42+,43+,61?/m0/s1. The Morgan fingerprint density at radius 2 is 1.46 bits per heavy atom. The van der Waals surface area contributed by atoms with Gasteiger partial charge in [-0.25, -0.2) is 9.46 Å². The molecule has 1 unspecified atom stereocenters. The number of aryl methyl sites for hydroxylation is 1. The number of hydrogen-bond acceptors (Lipinski definition) is 11. The minimum Gasteiger partial charge on any atom is -0.497 e. The van der Waals surface area contributed by atoms with Crippen LogP contribution in [0.5, 0.6) is 11.5 Å². The van der Waals surface area contributed by atoms with E-state index in [4.69, 9.17) is 28.0 Å². The number of amides is 1. The highest BCUT2D eigenvalue weighted by molar-refractivity contribution is 7.44. The highest BCUT2D eigenvalue weighted by Crippen LogP contribution is 2.50. The zero-order valence-corrected chi connectivity index (χ0v) is 36.6. The second kappa shape index (κ2) is 20.9. The molecule has 1 N–H and O–H groups in total. The highest BCUT2D eigenvalue weighted by Gasteiger charge is 2.45. The van der Waals surface area contributed by atoms with Gasteiger partial charge in [-0.1, -0.05) is 72.8 Å². The topological polar surface area (TPSA) is 146 Å². The number of nitriles is 1. The summed E-state index contributed by atoms with van der Waals surface area (Å²) in [5, 5.41) is 12.2. The maximum absolute atomic E-state index is 13.8. The number of nitrogens with one attached hydrogen (secondary N) is 1. The quantitative estimate of drug-likeness (QED) is 0.0484. The summed E-state index contributed by atoms with van der Waals surface area (Å²) in [6.45, 7) is 10.3. The lowest BCUT2D eigenvalue weighted by Gasteiger charge is -2.39. The van der Waals surface area contributed by atoms with Crippen LogP contribution < -0.4 is 20.5 Å². The normalized spacial score (nSPS) is 17.0. The van der Waals surface area contributed by atoms with Gasteiger partial charge in [-0.2, -0.15) is 10.2 Å². The van der Waals surface area contributed by atoms with Crippen LogP contribution in [0.25, 0.3) is 0 Å². The van der Waals surface area contributed by atoms with Gasteiger partial charge in [0.15, 0.2) is 0 Å². The maximum Gasteiger partial charge on any atom is 0.351 e. The first kappa shape index (κ1) is 45.1. The van der Waals surface area contributed by atoms with E-state index in [9.17, 15) is 14.9 Å². The summed E-state index contributed by atoms with van der Waals surface area (Å²) in [4.78, 5) is 31.2. The van der Waals surface area contributed by atoms with Crippen LogP contribution in [0, 0.1) is 18.3 Å². The number of carbonyl (C=O) groups is 1. The number of anilines is 1. The molecule has 6 rings (SSSR count). The van der Waals surface area contributed by atoms with Gasteiger partial charge in [-0.3, -0.25) is 9.36 Å². The summed E-state index contributed by atoms with van der Waals surface area (Å²) in [6, 6.07) is 36.5. The average molecular weight is 848 g/mol. The Kier molecular flexibility index (Phi) is 15.4. The molecule has 0 bridgehead atoms. The average Bonchev–Trinajstić information content (AvgIpc) is 3.67. The number of carbonyl (C=O) groups excluding carboxylic acids is 1. The number of methoxy groups -OCH3 is 2. The predicted octanol–water partition coefficient (Wildman–Crippen LogP) is 8.78. The van der Waals surface area contributed by atoms with Gasteiger partial charge in [-0.15, -0.1) is 0 Å². The Morgan fingerprint density at radius 1 is 0.902 bits per heavy atom. The molecule has 2 heterocycles. The summed E-state index contributed by atoms with van der Waals surface area (Å²) in [6.07, 6.45) is -0.0854. The van der Waals surface area contributed by atoms with Crippen LogP contribution in [-0.4, -0.2) is 71.9 Å². The van der Waals surface area contributed by atoms with E-state index in [0.717, 1.165) is 16.7 Å². The Balaban J connectivity index is 1.41. The minimum atomic E-state index is -1.70. The SMILES string of the molecule is COc1ccc(C(OC[C@H]2O[C@@H](n3cc(C)c(NC(=O)c4ccccc4)nc3=O)C[C@@H]2OP(OCCC#N)N(C(C)C)C(C)C)(c2ccccc2)c2ccc(OC)cc2)cc1. The van der Waals surface area contributed by atoms with E-state index in [1.54, 1.807) is 51.6 Å². The van der Waals surface area contributed by atoms with Crippen molar-refractivity contribution in [3.05, 3.63) is 154 Å². The van der Waals surface area contributed by atoms with Crippen molar-refractivity contribution in [3.63, 3.8) is 0 Å². The molecule has 320 valence electrons. The number of ether oxygens (including phenoxy) is 4. The molecule has 0 radical (unpaired) electrons. The molecular formula is C47H54N5O8P. The molecule has 13 nitrogen and oxygen atoms in total. The Hall–Kier alpha value is -5.45. The van der Waals surface area contributed by atoms with Gasteiger partial charge in [0.2, 0.25) is 0 Å². The molecule has 1 aliphatic rings. The fraction of sp³-hybridized carbons (Fsp3) is 0.362. The fourth-order valence-corrected chi connectivity index (χ4v) is 9.25.